The van der Waals surface area contributed by atoms with Crippen molar-refractivity contribution in [2.24, 2.45) is 0 Å². The third kappa shape index (κ3) is 5.67. The van der Waals surface area contributed by atoms with E-state index in [9.17, 15) is 14.4 Å². The maximum Gasteiger partial charge on any atom is 0.344 e. The molecule has 0 aliphatic heterocycles. The number of hydrogen-bond donors (Lipinski definition) is 1. The van der Waals surface area contributed by atoms with E-state index in [1.165, 1.54) is 6.92 Å². The molecule has 2 aromatic rings. The minimum Gasteiger partial charge on any atom is -0.482 e. The first-order valence-corrected chi connectivity index (χ1v) is 9.11. The number of benzene rings is 1. The fraction of sp³-hybridized carbons (Fsp3) is 0.400. The summed E-state index contributed by atoms with van der Waals surface area (Å²) in [4.78, 5) is 35.7. The van der Waals surface area contributed by atoms with Gasteiger partial charge in [0.05, 0.1) is 6.20 Å². The van der Waals surface area contributed by atoms with E-state index in [1.54, 1.807) is 48.1 Å². The molecular formula is C20H25N3O5. The summed E-state index contributed by atoms with van der Waals surface area (Å²) in [6, 6.07) is 8.25. The molecular weight excluding hydrogens is 362 g/mol. The van der Waals surface area contributed by atoms with Crippen LogP contribution in [0.1, 0.15) is 50.5 Å². The zero-order valence-corrected chi connectivity index (χ0v) is 16.5. The number of esters is 1. The van der Waals surface area contributed by atoms with Crippen molar-refractivity contribution >= 4 is 23.5 Å². The zero-order chi connectivity index (χ0) is 20.7. The average molecular weight is 387 g/mol. The summed E-state index contributed by atoms with van der Waals surface area (Å²) in [5, 5.41) is 6.81. The number of aromatic nitrogens is 2. The van der Waals surface area contributed by atoms with Crippen LogP contribution in [0.25, 0.3) is 0 Å². The number of rotatable bonds is 9. The Kier molecular flexibility index (Phi) is 7.31. The Morgan fingerprint density at radius 3 is 2.39 bits per heavy atom. The van der Waals surface area contributed by atoms with Gasteiger partial charge in [-0.05, 0) is 45.0 Å². The van der Waals surface area contributed by atoms with Gasteiger partial charge in [0.25, 0.3) is 5.91 Å². The molecule has 0 saturated heterocycles. The molecule has 1 heterocycles. The van der Waals surface area contributed by atoms with Gasteiger partial charge in [-0.3, -0.25) is 9.59 Å². The Balaban J connectivity index is 1.82. The van der Waals surface area contributed by atoms with Crippen LogP contribution in [0.4, 0.5) is 5.82 Å². The SMILES string of the molecule is CCC(=O)c1ccc(OCC(=O)O[C@H](C)C(=O)Nc2ccnn2C(C)C)cc1. The van der Waals surface area contributed by atoms with Crippen LogP contribution >= 0.6 is 0 Å². The molecule has 1 N–H and O–H groups in total. The lowest BCUT2D eigenvalue weighted by Crippen LogP contribution is -2.32. The first kappa shape index (κ1) is 21.1. The van der Waals surface area contributed by atoms with E-state index >= 15 is 0 Å². The summed E-state index contributed by atoms with van der Waals surface area (Å²) in [5.74, 6) is -0.139. The monoisotopic (exact) mass is 387 g/mol. The Bertz CT molecular complexity index is 827. The smallest absolute Gasteiger partial charge is 0.344 e. The van der Waals surface area contributed by atoms with Gasteiger partial charge in [-0.1, -0.05) is 6.92 Å². The third-order valence-electron chi connectivity index (χ3n) is 3.94. The van der Waals surface area contributed by atoms with Crippen LogP contribution in [0.5, 0.6) is 5.75 Å². The zero-order valence-electron chi connectivity index (χ0n) is 16.5. The van der Waals surface area contributed by atoms with E-state index < -0.39 is 18.0 Å². The second-order valence-corrected chi connectivity index (χ2v) is 6.47. The molecule has 28 heavy (non-hydrogen) atoms. The highest BCUT2D eigenvalue weighted by atomic mass is 16.6. The quantitative estimate of drug-likeness (QED) is 0.524. The number of carbonyl (C=O) groups excluding carboxylic acids is 3. The molecule has 0 radical (unpaired) electrons. The lowest BCUT2D eigenvalue weighted by atomic mass is 10.1. The molecule has 8 nitrogen and oxygen atoms in total. The minimum absolute atomic E-state index is 0.0320. The number of ether oxygens (including phenoxy) is 2. The summed E-state index contributed by atoms with van der Waals surface area (Å²) >= 11 is 0. The predicted molar refractivity (Wildman–Crippen MR) is 103 cm³/mol. The van der Waals surface area contributed by atoms with Crippen LogP contribution in [-0.2, 0) is 14.3 Å². The van der Waals surface area contributed by atoms with Gasteiger partial charge < -0.3 is 14.8 Å². The summed E-state index contributed by atoms with van der Waals surface area (Å²) in [7, 11) is 0. The molecule has 150 valence electrons. The van der Waals surface area contributed by atoms with Crippen LogP contribution in [0.15, 0.2) is 36.5 Å². The molecule has 2 rings (SSSR count). The molecule has 0 fully saturated rings. The van der Waals surface area contributed by atoms with E-state index in [1.807, 2.05) is 13.8 Å². The van der Waals surface area contributed by atoms with Gasteiger partial charge in [-0.25, -0.2) is 9.48 Å². The fourth-order valence-corrected chi connectivity index (χ4v) is 2.42. The van der Waals surface area contributed by atoms with Crippen LogP contribution in [-0.4, -0.2) is 40.2 Å². The summed E-state index contributed by atoms with van der Waals surface area (Å²) in [6.07, 6.45) is 1.01. The Morgan fingerprint density at radius 1 is 1.11 bits per heavy atom. The number of Topliss-reactive ketones (excluding diaryl/α,β-unsaturated/α-hetero) is 1. The molecule has 0 saturated carbocycles. The lowest BCUT2D eigenvalue weighted by molar-refractivity contribution is -0.155. The van der Waals surface area contributed by atoms with Gasteiger partial charge in [0.15, 0.2) is 18.5 Å². The molecule has 0 aliphatic rings. The number of ketones is 1. The highest BCUT2D eigenvalue weighted by Gasteiger charge is 2.20. The largest absolute Gasteiger partial charge is 0.482 e. The number of carbonyl (C=O) groups is 3. The molecule has 8 heteroatoms. The van der Waals surface area contributed by atoms with E-state index in [4.69, 9.17) is 9.47 Å². The second kappa shape index (κ2) is 9.68. The van der Waals surface area contributed by atoms with Crippen molar-refractivity contribution in [3.05, 3.63) is 42.1 Å². The Labute approximate surface area is 163 Å². The van der Waals surface area contributed by atoms with Crippen molar-refractivity contribution in [1.82, 2.24) is 9.78 Å². The first-order chi connectivity index (χ1) is 13.3. The Hall–Kier alpha value is -3.16. The van der Waals surface area contributed by atoms with Crippen LogP contribution in [0.2, 0.25) is 0 Å². The van der Waals surface area contributed by atoms with E-state index in [0.29, 0.717) is 23.6 Å². The molecule has 0 unspecified atom stereocenters. The molecule has 0 spiro atoms. The predicted octanol–water partition coefficient (Wildman–Crippen LogP) is 3.01. The van der Waals surface area contributed by atoms with Crippen molar-refractivity contribution in [2.75, 3.05) is 11.9 Å². The van der Waals surface area contributed by atoms with E-state index in [-0.39, 0.29) is 18.4 Å². The molecule has 1 aromatic heterocycles. The number of amides is 1. The molecule has 1 amide bonds. The Morgan fingerprint density at radius 2 is 1.79 bits per heavy atom. The van der Waals surface area contributed by atoms with Crippen molar-refractivity contribution < 1.29 is 23.9 Å². The number of hydrogen-bond acceptors (Lipinski definition) is 6. The summed E-state index contributed by atoms with van der Waals surface area (Å²) in [5.41, 5.74) is 0.586. The normalized spacial score (nSPS) is 11.8. The van der Waals surface area contributed by atoms with Crippen molar-refractivity contribution in [1.29, 1.82) is 0 Å². The maximum absolute atomic E-state index is 12.2. The maximum atomic E-state index is 12.2. The molecule has 0 bridgehead atoms. The molecule has 1 atom stereocenters. The average Bonchev–Trinajstić information content (AvgIpc) is 3.14. The minimum atomic E-state index is -0.990. The topological polar surface area (TPSA) is 99.5 Å². The number of nitrogens with zero attached hydrogens (tertiary/aromatic N) is 2. The van der Waals surface area contributed by atoms with Crippen molar-refractivity contribution in [3.8, 4) is 5.75 Å². The van der Waals surface area contributed by atoms with Gasteiger partial charge in [0, 0.05) is 24.1 Å². The highest BCUT2D eigenvalue weighted by Crippen LogP contribution is 2.15. The van der Waals surface area contributed by atoms with E-state index in [2.05, 4.69) is 10.4 Å². The number of nitrogens with one attached hydrogen (secondary N) is 1. The summed E-state index contributed by atoms with van der Waals surface area (Å²) < 4.78 is 12.1. The fourth-order valence-electron chi connectivity index (χ4n) is 2.42. The van der Waals surface area contributed by atoms with Crippen LogP contribution in [0.3, 0.4) is 0 Å². The number of anilines is 1. The molecule has 0 aliphatic carbocycles. The van der Waals surface area contributed by atoms with E-state index in [0.717, 1.165) is 0 Å². The van der Waals surface area contributed by atoms with Crippen LogP contribution in [0, 0.1) is 0 Å². The molecule has 1 aromatic carbocycles. The lowest BCUT2D eigenvalue weighted by Gasteiger charge is -2.16. The second-order valence-electron chi connectivity index (χ2n) is 6.47. The van der Waals surface area contributed by atoms with Crippen molar-refractivity contribution in [2.45, 2.75) is 46.3 Å². The standard InChI is InChI=1S/C20H25N3O5/c1-5-17(24)15-6-8-16(9-7-15)27-12-19(25)28-14(4)20(26)22-18-10-11-21-23(18)13(2)3/h6-11,13-14H,5,12H2,1-4H3,(H,22,26)/t14-/m1/s1. The van der Waals surface area contributed by atoms with Gasteiger partial charge in [0.1, 0.15) is 11.6 Å². The summed E-state index contributed by atoms with van der Waals surface area (Å²) in [6.45, 7) is 6.80. The van der Waals surface area contributed by atoms with Gasteiger partial charge in [-0.15, -0.1) is 0 Å². The van der Waals surface area contributed by atoms with Gasteiger partial charge in [0.2, 0.25) is 0 Å². The first-order valence-electron chi connectivity index (χ1n) is 9.11. The van der Waals surface area contributed by atoms with Crippen molar-refractivity contribution in [3.63, 3.8) is 0 Å². The van der Waals surface area contributed by atoms with Crippen LogP contribution < -0.4 is 10.1 Å². The highest BCUT2D eigenvalue weighted by molar-refractivity contribution is 5.96. The van der Waals surface area contributed by atoms with Gasteiger partial charge >= 0.3 is 5.97 Å². The third-order valence-corrected chi connectivity index (χ3v) is 3.94. The van der Waals surface area contributed by atoms with Gasteiger partial charge in [-0.2, -0.15) is 5.10 Å².